The molecule has 0 bridgehead atoms. The Balaban J connectivity index is 1.37. The Hall–Kier alpha value is -3.45. The molecular formula is C27H28N2O8S2. The predicted molar refractivity (Wildman–Crippen MR) is 144 cm³/mol. The molecule has 3 heterocycles. The zero-order valence-electron chi connectivity index (χ0n) is 21.5. The molecule has 206 valence electrons. The van der Waals surface area contributed by atoms with Crippen LogP contribution in [0, 0.1) is 6.92 Å². The van der Waals surface area contributed by atoms with Crippen LogP contribution in [0.25, 0.3) is 0 Å². The maximum Gasteiger partial charge on any atom is 0.341 e. The van der Waals surface area contributed by atoms with E-state index in [9.17, 15) is 18.0 Å². The highest BCUT2D eigenvalue weighted by Crippen LogP contribution is 2.38. The molecule has 0 atom stereocenters. The van der Waals surface area contributed by atoms with E-state index in [0.717, 1.165) is 16.0 Å². The Bertz CT molecular complexity index is 1490. The van der Waals surface area contributed by atoms with Crippen LogP contribution in [-0.2, 0) is 25.9 Å². The molecule has 39 heavy (non-hydrogen) atoms. The van der Waals surface area contributed by atoms with Gasteiger partial charge in [0, 0.05) is 30.0 Å². The molecule has 1 N–H and O–H groups in total. The van der Waals surface area contributed by atoms with Gasteiger partial charge in [0.05, 0.1) is 30.3 Å². The van der Waals surface area contributed by atoms with Crippen molar-refractivity contribution in [3.8, 4) is 11.5 Å². The second kappa shape index (κ2) is 11.3. The largest absolute Gasteiger partial charge is 0.462 e. The number of sulfonamides is 1. The standard InChI is InChI=1S/C27H28N2O8S2/c1-3-35-27(31)24-17(2)23(15-18-4-9-21-22(14-18)37-16-36-21)38-26(24)28-25(30)19-5-7-20(8-6-19)39(32,33)29-10-12-34-13-11-29/h4-9,14H,3,10-13,15-16H2,1-2H3,(H,28,30). The van der Waals surface area contributed by atoms with Crippen LogP contribution in [0.3, 0.4) is 0 Å². The molecule has 0 aliphatic carbocycles. The number of anilines is 1. The van der Waals surface area contributed by atoms with Crippen molar-refractivity contribution in [2.45, 2.75) is 25.2 Å². The minimum Gasteiger partial charge on any atom is -0.462 e. The molecule has 2 aliphatic heterocycles. The third-order valence-electron chi connectivity index (χ3n) is 6.48. The van der Waals surface area contributed by atoms with Gasteiger partial charge in [0.2, 0.25) is 16.8 Å². The van der Waals surface area contributed by atoms with E-state index < -0.39 is 21.9 Å². The molecule has 0 unspecified atom stereocenters. The molecule has 0 radical (unpaired) electrons. The highest BCUT2D eigenvalue weighted by atomic mass is 32.2. The minimum absolute atomic E-state index is 0.103. The number of amides is 1. The molecule has 1 aromatic heterocycles. The maximum atomic E-state index is 13.2. The first-order chi connectivity index (χ1) is 18.8. The molecule has 1 amide bonds. The zero-order valence-corrected chi connectivity index (χ0v) is 23.2. The lowest BCUT2D eigenvalue weighted by atomic mass is 10.1. The average molecular weight is 573 g/mol. The number of esters is 1. The lowest BCUT2D eigenvalue weighted by Crippen LogP contribution is -2.40. The van der Waals surface area contributed by atoms with E-state index in [1.54, 1.807) is 6.92 Å². The van der Waals surface area contributed by atoms with Crippen LogP contribution in [0.15, 0.2) is 47.4 Å². The van der Waals surface area contributed by atoms with Crippen LogP contribution in [0.1, 0.15) is 43.6 Å². The van der Waals surface area contributed by atoms with Crippen molar-refractivity contribution in [3.63, 3.8) is 0 Å². The minimum atomic E-state index is -3.68. The van der Waals surface area contributed by atoms with Gasteiger partial charge in [-0.15, -0.1) is 11.3 Å². The van der Waals surface area contributed by atoms with Crippen molar-refractivity contribution in [3.05, 3.63) is 69.6 Å². The summed E-state index contributed by atoms with van der Waals surface area (Å²) >= 11 is 1.30. The third-order valence-corrected chi connectivity index (χ3v) is 9.60. The van der Waals surface area contributed by atoms with Crippen molar-refractivity contribution >= 4 is 38.2 Å². The van der Waals surface area contributed by atoms with Crippen molar-refractivity contribution < 1.29 is 37.0 Å². The molecule has 12 heteroatoms. The number of fused-ring (bicyclic) bond motifs is 1. The number of nitrogens with zero attached hydrogens (tertiary/aromatic N) is 1. The van der Waals surface area contributed by atoms with E-state index in [1.807, 2.05) is 25.1 Å². The van der Waals surface area contributed by atoms with Crippen molar-refractivity contribution in [2.75, 3.05) is 45.0 Å². The highest BCUT2D eigenvalue weighted by molar-refractivity contribution is 7.89. The quantitative estimate of drug-likeness (QED) is 0.405. The first-order valence-electron chi connectivity index (χ1n) is 12.4. The Kier molecular flexibility index (Phi) is 7.89. The first kappa shape index (κ1) is 27.1. The Labute approximate surface area is 230 Å². The Morgan fingerprint density at radius 1 is 1.05 bits per heavy atom. The zero-order chi connectivity index (χ0) is 27.6. The van der Waals surface area contributed by atoms with Gasteiger partial charge in [-0.1, -0.05) is 6.07 Å². The molecular weight excluding hydrogens is 544 g/mol. The average Bonchev–Trinajstić information content (AvgIpc) is 3.53. The summed E-state index contributed by atoms with van der Waals surface area (Å²) in [6.45, 7) is 5.18. The third kappa shape index (κ3) is 5.64. The maximum absolute atomic E-state index is 13.2. The van der Waals surface area contributed by atoms with Gasteiger partial charge in [-0.2, -0.15) is 4.31 Å². The van der Waals surface area contributed by atoms with Crippen molar-refractivity contribution in [1.82, 2.24) is 4.31 Å². The van der Waals surface area contributed by atoms with Gasteiger partial charge >= 0.3 is 5.97 Å². The number of rotatable bonds is 8. The van der Waals surface area contributed by atoms with Crippen molar-refractivity contribution in [2.24, 2.45) is 0 Å². The number of benzene rings is 2. The SMILES string of the molecule is CCOC(=O)c1c(NC(=O)c2ccc(S(=O)(=O)N3CCOCC3)cc2)sc(Cc2ccc3c(c2)OCO3)c1C. The lowest BCUT2D eigenvalue weighted by Gasteiger charge is -2.26. The summed E-state index contributed by atoms with van der Waals surface area (Å²) in [6, 6.07) is 11.4. The fourth-order valence-electron chi connectivity index (χ4n) is 4.39. The summed E-state index contributed by atoms with van der Waals surface area (Å²) in [5, 5.41) is 3.21. The number of nitrogens with one attached hydrogen (secondary N) is 1. The van der Waals surface area contributed by atoms with Gasteiger partial charge in [-0.3, -0.25) is 4.79 Å². The first-order valence-corrected chi connectivity index (χ1v) is 14.7. The normalized spacial score (nSPS) is 15.2. The lowest BCUT2D eigenvalue weighted by molar-refractivity contribution is 0.0527. The van der Waals surface area contributed by atoms with E-state index in [1.165, 1.54) is 39.9 Å². The van der Waals surface area contributed by atoms with Gasteiger partial charge < -0.3 is 24.3 Å². The molecule has 5 rings (SSSR count). The Morgan fingerprint density at radius 3 is 2.49 bits per heavy atom. The second-order valence-electron chi connectivity index (χ2n) is 8.93. The van der Waals surface area contributed by atoms with E-state index in [-0.39, 0.29) is 36.9 Å². The number of hydrogen-bond donors (Lipinski definition) is 1. The molecule has 0 saturated carbocycles. The summed E-state index contributed by atoms with van der Waals surface area (Å²) in [7, 11) is -3.68. The van der Waals surface area contributed by atoms with Gasteiger partial charge in [0.1, 0.15) is 5.00 Å². The fraction of sp³-hybridized carbons (Fsp3) is 0.333. The van der Waals surface area contributed by atoms with Crippen molar-refractivity contribution in [1.29, 1.82) is 0 Å². The number of carbonyl (C=O) groups is 2. The molecule has 10 nitrogen and oxygen atoms in total. The van der Waals surface area contributed by atoms with Gasteiger partial charge in [-0.05, 0) is 61.4 Å². The number of ether oxygens (including phenoxy) is 4. The number of morpholine rings is 1. The predicted octanol–water partition coefficient (Wildman–Crippen LogP) is 3.83. The van der Waals surface area contributed by atoms with E-state index in [4.69, 9.17) is 18.9 Å². The van der Waals surface area contributed by atoms with E-state index in [0.29, 0.717) is 41.7 Å². The van der Waals surface area contributed by atoms with Crippen LogP contribution < -0.4 is 14.8 Å². The summed E-state index contributed by atoms with van der Waals surface area (Å²) in [5.74, 6) is 0.364. The second-order valence-corrected chi connectivity index (χ2v) is 12.0. The van der Waals surface area contributed by atoms with E-state index >= 15 is 0 Å². The van der Waals surface area contributed by atoms with E-state index in [2.05, 4.69) is 5.32 Å². The molecule has 1 saturated heterocycles. The van der Waals surface area contributed by atoms with Crippen LogP contribution in [0.5, 0.6) is 11.5 Å². The topological polar surface area (TPSA) is 120 Å². The summed E-state index contributed by atoms with van der Waals surface area (Å²) in [5.41, 5.74) is 2.25. The number of thiophene rings is 1. The summed E-state index contributed by atoms with van der Waals surface area (Å²) < 4.78 is 48.5. The monoisotopic (exact) mass is 572 g/mol. The highest BCUT2D eigenvalue weighted by Gasteiger charge is 2.27. The smallest absolute Gasteiger partial charge is 0.341 e. The Morgan fingerprint density at radius 2 is 1.77 bits per heavy atom. The van der Waals surface area contributed by atoms with Crippen LogP contribution in [-0.4, -0.2) is 64.3 Å². The van der Waals surface area contributed by atoms with Crippen LogP contribution >= 0.6 is 11.3 Å². The van der Waals surface area contributed by atoms with Gasteiger partial charge in [-0.25, -0.2) is 13.2 Å². The number of hydrogen-bond acceptors (Lipinski definition) is 9. The molecule has 2 aliphatic rings. The summed E-state index contributed by atoms with van der Waals surface area (Å²) in [6.07, 6.45) is 0.517. The molecule has 0 spiro atoms. The van der Waals surface area contributed by atoms with Crippen LogP contribution in [0.4, 0.5) is 5.00 Å². The van der Waals surface area contributed by atoms with Gasteiger partial charge in [0.25, 0.3) is 5.91 Å². The fourth-order valence-corrected chi connectivity index (χ4v) is 7.02. The number of carbonyl (C=O) groups excluding carboxylic acids is 2. The molecule has 2 aromatic carbocycles. The van der Waals surface area contributed by atoms with Gasteiger partial charge in [0.15, 0.2) is 11.5 Å². The molecule has 1 fully saturated rings. The summed E-state index contributed by atoms with van der Waals surface area (Å²) in [4.78, 5) is 27.0. The van der Waals surface area contributed by atoms with Crippen LogP contribution in [0.2, 0.25) is 0 Å². The molecule has 3 aromatic rings.